The molecule has 0 saturated carbocycles. The standard InChI is InChI=1S/C15H20O4/c1-10-8-12(11(2)16)6-7-13(10)18-9-14(17)19-15(3,4)5/h6-8H,9H2,1-5H3. The van der Waals surface area contributed by atoms with E-state index in [0.717, 1.165) is 5.56 Å². The third-order valence-corrected chi connectivity index (χ3v) is 2.35. The highest BCUT2D eigenvalue weighted by Gasteiger charge is 2.16. The first-order valence-corrected chi connectivity index (χ1v) is 6.15. The Hall–Kier alpha value is -1.84. The summed E-state index contributed by atoms with van der Waals surface area (Å²) in [4.78, 5) is 22.7. The molecule has 4 heteroatoms. The molecule has 0 aliphatic rings. The number of aryl methyl sites for hydroxylation is 1. The number of carbonyl (C=O) groups is 2. The van der Waals surface area contributed by atoms with Crippen LogP contribution in [0.25, 0.3) is 0 Å². The Morgan fingerprint density at radius 3 is 2.32 bits per heavy atom. The van der Waals surface area contributed by atoms with E-state index in [-0.39, 0.29) is 12.4 Å². The maximum atomic E-state index is 11.5. The molecule has 1 aromatic carbocycles. The summed E-state index contributed by atoms with van der Waals surface area (Å²) in [7, 11) is 0. The number of carbonyl (C=O) groups excluding carboxylic acids is 2. The van der Waals surface area contributed by atoms with Gasteiger partial charge in [-0.25, -0.2) is 4.79 Å². The summed E-state index contributed by atoms with van der Waals surface area (Å²) in [6, 6.07) is 5.11. The van der Waals surface area contributed by atoms with Crippen LogP contribution in [-0.2, 0) is 9.53 Å². The number of ketones is 1. The lowest BCUT2D eigenvalue weighted by atomic mass is 10.1. The predicted molar refractivity (Wildman–Crippen MR) is 72.5 cm³/mol. The molecule has 0 heterocycles. The van der Waals surface area contributed by atoms with E-state index < -0.39 is 11.6 Å². The Morgan fingerprint density at radius 1 is 1.21 bits per heavy atom. The van der Waals surface area contributed by atoms with E-state index in [0.29, 0.717) is 11.3 Å². The fraction of sp³-hybridized carbons (Fsp3) is 0.467. The highest BCUT2D eigenvalue weighted by Crippen LogP contribution is 2.19. The van der Waals surface area contributed by atoms with Crippen molar-refractivity contribution in [3.05, 3.63) is 29.3 Å². The van der Waals surface area contributed by atoms with Crippen LogP contribution < -0.4 is 4.74 Å². The average molecular weight is 264 g/mol. The Bertz CT molecular complexity index is 483. The van der Waals surface area contributed by atoms with Crippen LogP contribution in [-0.4, -0.2) is 24.0 Å². The van der Waals surface area contributed by atoms with E-state index in [9.17, 15) is 9.59 Å². The lowest BCUT2D eigenvalue weighted by Crippen LogP contribution is -2.27. The van der Waals surface area contributed by atoms with Gasteiger partial charge in [0.05, 0.1) is 0 Å². The molecule has 0 unspecified atom stereocenters. The molecule has 0 atom stereocenters. The SMILES string of the molecule is CC(=O)c1ccc(OCC(=O)OC(C)(C)C)c(C)c1. The van der Waals surface area contributed by atoms with Crippen molar-refractivity contribution < 1.29 is 19.1 Å². The van der Waals surface area contributed by atoms with E-state index in [2.05, 4.69) is 0 Å². The highest BCUT2D eigenvalue weighted by atomic mass is 16.6. The third-order valence-electron chi connectivity index (χ3n) is 2.35. The number of ether oxygens (including phenoxy) is 2. The molecule has 0 bridgehead atoms. The molecule has 0 N–H and O–H groups in total. The van der Waals surface area contributed by atoms with Gasteiger partial charge in [0.1, 0.15) is 11.4 Å². The molecular weight excluding hydrogens is 244 g/mol. The molecule has 104 valence electrons. The maximum absolute atomic E-state index is 11.5. The van der Waals surface area contributed by atoms with Gasteiger partial charge in [-0.15, -0.1) is 0 Å². The number of esters is 1. The van der Waals surface area contributed by atoms with Crippen LogP contribution in [0, 0.1) is 6.92 Å². The quantitative estimate of drug-likeness (QED) is 0.619. The normalized spacial score (nSPS) is 11.0. The first-order valence-electron chi connectivity index (χ1n) is 6.15. The van der Waals surface area contributed by atoms with Crippen molar-refractivity contribution in [3.63, 3.8) is 0 Å². The predicted octanol–water partition coefficient (Wildman–Crippen LogP) is 2.92. The fourth-order valence-electron chi connectivity index (χ4n) is 1.54. The van der Waals surface area contributed by atoms with Crippen LogP contribution >= 0.6 is 0 Å². The van der Waals surface area contributed by atoms with Gasteiger partial charge in [-0.2, -0.15) is 0 Å². The van der Waals surface area contributed by atoms with Crippen LogP contribution in [0.5, 0.6) is 5.75 Å². The van der Waals surface area contributed by atoms with Gasteiger partial charge in [-0.1, -0.05) is 0 Å². The van der Waals surface area contributed by atoms with Crippen molar-refractivity contribution in [2.24, 2.45) is 0 Å². The highest BCUT2D eigenvalue weighted by molar-refractivity contribution is 5.94. The molecule has 1 aromatic rings. The monoisotopic (exact) mass is 264 g/mol. The minimum Gasteiger partial charge on any atom is -0.482 e. The van der Waals surface area contributed by atoms with Gasteiger partial charge in [0.15, 0.2) is 12.4 Å². The summed E-state index contributed by atoms with van der Waals surface area (Å²) in [6.45, 7) is 8.61. The summed E-state index contributed by atoms with van der Waals surface area (Å²) in [5, 5.41) is 0. The van der Waals surface area contributed by atoms with E-state index in [1.165, 1.54) is 6.92 Å². The number of hydrogen-bond acceptors (Lipinski definition) is 4. The van der Waals surface area contributed by atoms with Crippen LogP contribution in [0.1, 0.15) is 43.6 Å². The lowest BCUT2D eigenvalue weighted by molar-refractivity contribution is -0.157. The van der Waals surface area contributed by atoms with E-state index in [1.807, 2.05) is 6.92 Å². The Balaban J connectivity index is 2.64. The van der Waals surface area contributed by atoms with Crippen LogP contribution in [0.4, 0.5) is 0 Å². The molecule has 0 aliphatic heterocycles. The van der Waals surface area contributed by atoms with E-state index >= 15 is 0 Å². The second-order valence-electron chi connectivity index (χ2n) is 5.41. The first kappa shape index (κ1) is 15.2. The molecule has 0 radical (unpaired) electrons. The molecule has 19 heavy (non-hydrogen) atoms. The van der Waals surface area contributed by atoms with E-state index in [4.69, 9.17) is 9.47 Å². The Kier molecular flexibility index (Phi) is 4.70. The molecule has 0 spiro atoms. The summed E-state index contributed by atoms with van der Waals surface area (Å²) < 4.78 is 10.5. The van der Waals surface area contributed by atoms with Gasteiger partial charge in [0.2, 0.25) is 0 Å². The number of benzene rings is 1. The van der Waals surface area contributed by atoms with Gasteiger partial charge in [0, 0.05) is 5.56 Å². The van der Waals surface area contributed by atoms with Crippen LogP contribution in [0.15, 0.2) is 18.2 Å². The number of rotatable bonds is 4. The zero-order valence-electron chi connectivity index (χ0n) is 12.1. The van der Waals surface area contributed by atoms with Crippen LogP contribution in [0.3, 0.4) is 0 Å². The minimum absolute atomic E-state index is 0.00166. The second-order valence-corrected chi connectivity index (χ2v) is 5.41. The van der Waals surface area contributed by atoms with E-state index in [1.54, 1.807) is 39.0 Å². The van der Waals surface area contributed by atoms with Gasteiger partial charge >= 0.3 is 5.97 Å². The van der Waals surface area contributed by atoms with Crippen molar-refractivity contribution in [3.8, 4) is 5.75 Å². The number of hydrogen-bond donors (Lipinski definition) is 0. The number of Topliss-reactive ketones (excluding diaryl/α,β-unsaturated/α-hetero) is 1. The zero-order valence-corrected chi connectivity index (χ0v) is 12.1. The second kappa shape index (κ2) is 5.87. The topological polar surface area (TPSA) is 52.6 Å². The Labute approximate surface area is 113 Å². The summed E-state index contributed by atoms with van der Waals surface area (Å²) >= 11 is 0. The van der Waals surface area contributed by atoms with Gasteiger partial charge < -0.3 is 9.47 Å². The first-order chi connectivity index (χ1) is 8.69. The molecule has 4 nitrogen and oxygen atoms in total. The van der Waals surface area contributed by atoms with Gasteiger partial charge in [-0.3, -0.25) is 4.79 Å². The molecule has 0 amide bonds. The van der Waals surface area contributed by atoms with Crippen molar-refractivity contribution in [1.29, 1.82) is 0 Å². The van der Waals surface area contributed by atoms with Gasteiger partial charge in [-0.05, 0) is 58.4 Å². The molecule has 0 aromatic heterocycles. The van der Waals surface area contributed by atoms with Gasteiger partial charge in [0.25, 0.3) is 0 Å². The van der Waals surface area contributed by atoms with Crippen molar-refractivity contribution in [2.75, 3.05) is 6.61 Å². The van der Waals surface area contributed by atoms with Crippen LogP contribution in [0.2, 0.25) is 0 Å². The summed E-state index contributed by atoms with van der Waals surface area (Å²) in [5.74, 6) is 0.167. The Morgan fingerprint density at radius 2 is 1.84 bits per heavy atom. The zero-order chi connectivity index (χ0) is 14.6. The largest absolute Gasteiger partial charge is 0.482 e. The van der Waals surface area contributed by atoms with Crippen molar-refractivity contribution in [1.82, 2.24) is 0 Å². The summed E-state index contributed by atoms with van der Waals surface area (Å²) in [5.41, 5.74) is 0.923. The molecule has 0 aliphatic carbocycles. The molecule has 0 fully saturated rings. The minimum atomic E-state index is -0.520. The van der Waals surface area contributed by atoms with Crippen molar-refractivity contribution >= 4 is 11.8 Å². The van der Waals surface area contributed by atoms with Crippen molar-refractivity contribution in [2.45, 2.75) is 40.2 Å². The smallest absolute Gasteiger partial charge is 0.344 e. The average Bonchev–Trinajstić information content (AvgIpc) is 2.24. The molecule has 0 saturated heterocycles. The lowest BCUT2D eigenvalue weighted by Gasteiger charge is -2.19. The summed E-state index contributed by atoms with van der Waals surface area (Å²) in [6.07, 6.45) is 0. The maximum Gasteiger partial charge on any atom is 0.344 e. The fourth-order valence-corrected chi connectivity index (χ4v) is 1.54. The third kappa shape index (κ3) is 5.12. The molecule has 1 rings (SSSR count). The molecular formula is C15H20O4.